The Kier molecular flexibility index (Phi) is 14.4. The van der Waals surface area contributed by atoms with Crippen molar-refractivity contribution in [3.05, 3.63) is 72.9 Å². The first-order chi connectivity index (χ1) is 16.3. The number of carbonyl (C=O) groups is 3. The van der Waals surface area contributed by atoms with E-state index in [0.717, 1.165) is 25.5 Å². The normalized spacial score (nSPS) is 22.7. The zero-order chi connectivity index (χ0) is 25.3. The molecule has 0 radical (unpaired) electrons. The highest BCUT2D eigenvalue weighted by Gasteiger charge is 2.22. The maximum absolute atomic E-state index is 12.7. The van der Waals surface area contributed by atoms with Gasteiger partial charge in [-0.1, -0.05) is 82.4 Å². The molecule has 5 heteroatoms. The number of ether oxygens (including phenoxy) is 1. The van der Waals surface area contributed by atoms with Gasteiger partial charge in [0.05, 0.1) is 12.5 Å². The summed E-state index contributed by atoms with van der Waals surface area (Å²) in [6.07, 6.45) is 24.8. The standard InChI is InChI=1S/C29H40O5/c1-22(13-8-9-16-27-24(3)17-18-28(32)34-27)12-6-5-7-15-26(21-31)29(33)25(4)20-23(2)14-10-11-19-30/h5-11,13,15-19,22-27,31H,12,14,20-21H2,1-4H3/b6-5+,11-10+,13-8?,15-7+,16-9?. The fourth-order valence-corrected chi connectivity index (χ4v) is 3.70. The van der Waals surface area contributed by atoms with Crippen LogP contribution in [0.3, 0.4) is 0 Å². The van der Waals surface area contributed by atoms with E-state index < -0.39 is 5.92 Å². The first kappa shape index (κ1) is 29.2. The molecule has 0 aliphatic carbocycles. The van der Waals surface area contributed by atoms with Crippen molar-refractivity contribution in [3.63, 3.8) is 0 Å². The fraction of sp³-hybridized carbons (Fsp3) is 0.483. The lowest BCUT2D eigenvalue weighted by molar-refractivity contribution is -0.143. The second kappa shape index (κ2) is 16.8. The van der Waals surface area contributed by atoms with Crippen LogP contribution in [0.2, 0.25) is 0 Å². The fourth-order valence-electron chi connectivity index (χ4n) is 3.70. The first-order valence-electron chi connectivity index (χ1n) is 12.1. The summed E-state index contributed by atoms with van der Waals surface area (Å²) in [5.74, 6) is -0.145. The molecule has 1 aliphatic heterocycles. The lowest BCUT2D eigenvalue weighted by Gasteiger charge is -2.21. The molecule has 6 atom stereocenters. The summed E-state index contributed by atoms with van der Waals surface area (Å²) in [4.78, 5) is 34.3. The molecule has 1 rings (SSSR count). The van der Waals surface area contributed by atoms with Gasteiger partial charge in [-0.2, -0.15) is 0 Å². The number of rotatable bonds is 15. The minimum Gasteiger partial charge on any atom is -0.454 e. The molecule has 0 bridgehead atoms. The molecule has 186 valence electrons. The van der Waals surface area contributed by atoms with E-state index in [1.807, 2.05) is 62.5 Å². The third-order valence-corrected chi connectivity index (χ3v) is 5.81. The van der Waals surface area contributed by atoms with Crippen LogP contribution in [0.5, 0.6) is 0 Å². The summed E-state index contributed by atoms with van der Waals surface area (Å²) < 4.78 is 5.27. The molecule has 0 fully saturated rings. The summed E-state index contributed by atoms with van der Waals surface area (Å²) in [5.41, 5.74) is 0. The quantitative estimate of drug-likeness (QED) is 0.152. The van der Waals surface area contributed by atoms with E-state index in [4.69, 9.17) is 4.74 Å². The predicted octanol–water partition coefficient (Wildman–Crippen LogP) is 5.34. The largest absolute Gasteiger partial charge is 0.454 e. The van der Waals surface area contributed by atoms with E-state index in [2.05, 4.69) is 19.9 Å². The van der Waals surface area contributed by atoms with Gasteiger partial charge in [-0.3, -0.25) is 9.59 Å². The van der Waals surface area contributed by atoms with Gasteiger partial charge in [0.25, 0.3) is 0 Å². The van der Waals surface area contributed by atoms with Crippen LogP contribution in [0.1, 0.15) is 47.0 Å². The Morgan fingerprint density at radius 2 is 1.76 bits per heavy atom. The summed E-state index contributed by atoms with van der Waals surface area (Å²) in [5, 5.41) is 9.65. The maximum atomic E-state index is 12.7. The number of Topliss-reactive ketones (excluding diaryl/α,β-unsaturated/α-hetero) is 1. The lowest BCUT2D eigenvalue weighted by Crippen LogP contribution is -2.25. The average molecular weight is 469 g/mol. The summed E-state index contributed by atoms with van der Waals surface area (Å²) in [6.45, 7) is 7.86. The Morgan fingerprint density at radius 3 is 2.47 bits per heavy atom. The van der Waals surface area contributed by atoms with Crippen LogP contribution >= 0.6 is 0 Å². The van der Waals surface area contributed by atoms with Gasteiger partial charge >= 0.3 is 5.97 Å². The van der Waals surface area contributed by atoms with Crippen molar-refractivity contribution >= 4 is 18.0 Å². The number of ketones is 1. The number of cyclic esters (lactones) is 1. The smallest absolute Gasteiger partial charge is 0.331 e. The zero-order valence-electron chi connectivity index (χ0n) is 20.9. The highest BCUT2D eigenvalue weighted by atomic mass is 16.5. The van der Waals surface area contributed by atoms with Crippen molar-refractivity contribution in [3.8, 4) is 0 Å². The van der Waals surface area contributed by atoms with Crippen LogP contribution in [0.25, 0.3) is 0 Å². The number of allylic oxidation sites excluding steroid dienone is 8. The number of hydrogen-bond donors (Lipinski definition) is 1. The van der Waals surface area contributed by atoms with Crippen molar-refractivity contribution < 1.29 is 24.2 Å². The number of esters is 1. The third kappa shape index (κ3) is 11.9. The van der Waals surface area contributed by atoms with E-state index in [1.54, 1.807) is 6.08 Å². The molecule has 0 spiro atoms. The minimum absolute atomic E-state index is 0.0370. The number of carbonyl (C=O) groups excluding carboxylic acids is 3. The van der Waals surface area contributed by atoms with Gasteiger partial charge in [-0.05, 0) is 43.3 Å². The van der Waals surface area contributed by atoms with Gasteiger partial charge in [-0.25, -0.2) is 4.79 Å². The summed E-state index contributed by atoms with van der Waals surface area (Å²) >= 11 is 0. The molecule has 1 N–H and O–H groups in total. The zero-order valence-corrected chi connectivity index (χ0v) is 20.9. The summed E-state index contributed by atoms with van der Waals surface area (Å²) in [6, 6.07) is 0. The maximum Gasteiger partial charge on any atom is 0.331 e. The van der Waals surface area contributed by atoms with Crippen LogP contribution in [0.4, 0.5) is 0 Å². The van der Waals surface area contributed by atoms with Crippen LogP contribution in [-0.4, -0.2) is 35.9 Å². The van der Waals surface area contributed by atoms with Crippen LogP contribution in [-0.2, 0) is 19.1 Å². The van der Waals surface area contributed by atoms with Gasteiger partial charge in [0.15, 0.2) is 0 Å². The van der Waals surface area contributed by atoms with Crippen molar-refractivity contribution in [2.24, 2.45) is 29.6 Å². The molecule has 0 aromatic heterocycles. The van der Waals surface area contributed by atoms with Crippen molar-refractivity contribution in [1.82, 2.24) is 0 Å². The van der Waals surface area contributed by atoms with Gasteiger partial charge in [0.2, 0.25) is 0 Å². The van der Waals surface area contributed by atoms with Crippen LogP contribution in [0.15, 0.2) is 72.9 Å². The van der Waals surface area contributed by atoms with Crippen molar-refractivity contribution in [1.29, 1.82) is 0 Å². The molecule has 0 saturated carbocycles. The lowest BCUT2D eigenvalue weighted by atomic mass is 9.86. The molecular formula is C29H40O5. The monoisotopic (exact) mass is 468 g/mol. The number of aldehydes is 1. The van der Waals surface area contributed by atoms with Crippen molar-refractivity contribution in [2.45, 2.75) is 53.1 Å². The second-order valence-corrected chi connectivity index (χ2v) is 9.15. The summed E-state index contributed by atoms with van der Waals surface area (Å²) in [7, 11) is 0. The van der Waals surface area contributed by atoms with Gasteiger partial charge in [0.1, 0.15) is 18.2 Å². The Balaban J connectivity index is 2.43. The van der Waals surface area contributed by atoms with E-state index >= 15 is 0 Å². The van der Waals surface area contributed by atoms with Gasteiger partial charge < -0.3 is 9.84 Å². The topological polar surface area (TPSA) is 80.7 Å². The van der Waals surface area contributed by atoms with Crippen LogP contribution < -0.4 is 0 Å². The molecule has 1 heterocycles. The molecule has 0 aromatic rings. The molecular weight excluding hydrogens is 428 g/mol. The molecule has 0 aromatic carbocycles. The Labute approximate surface area is 204 Å². The van der Waals surface area contributed by atoms with E-state index in [1.165, 1.54) is 12.2 Å². The molecule has 5 nitrogen and oxygen atoms in total. The van der Waals surface area contributed by atoms with E-state index in [9.17, 15) is 19.5 Å². The van der Waals surface area contributed by atoms with Gasteiger partial charge in [-0.15, -0.1) is 0 Å². The number of aliphatic hydroxyl groups excluding tert-OH is 1. The molecule has 0 saturated heterocycles. The number of aliphatic hydroxyl groups is 1. The molecule has 34 heavy (non-hydrogen) atoms. The third-order valence-electron chi connectivity index (χ3n) is 5.81. The molecule has 6 unspecified atom stereocenters. The SMILES string of the molecule is CC(C=CC=CC1OC(=O)C=CC1C)C/C=C/C=C/C(CO)C(=O)C(C)CC(C)C/C=C/C=O. The molecule has 0 amide bonds. The first-order valence-corrected chi connectivity index (χ1v) is 12.1. The highest BCUT2D eigenvalue weighted by Crippen LogP contribution is 2.20. The second-order valence-electron chi connectivity index (χ2n) is 9.15. The van der Waals surface area contributed by atoms with Crippen LogP contribution in [0, 0.1) is 29.6 Å². The average Bonchev–Trinajstić information content (AvgIpc) is 2.81. The Bertz CT molecular complexity index is 814. The van der Waals surface area contributed by atoms with Gasteiger partial charge in [0, 0.05) is 17.9 Å². The van der Waals surface area contributed by atoms with Crippen molar-refractivity contribution in [2.75, 3.05) is 6.61 Å². The van der Waals surface area contributed by atoms with E-state index in [-0.39, 0.29) is 36.3 Å². The molecule has 1 aliphatic rings. The number of hydrogen-bond acceptors (Lipinski definition) is 5. The predicted molar refractivity (Wildman–Crippen MR) is 137 cm³/mol. The Morgan fingerprint density at radius 1 is 1.06 bits per heavy atom. The highest BCUT2D eigenvalue weighted by molar-refractivity contribution is 5.85. The Hall–Kier alpha value is -2.79. The minimum atomic E-state index is -0.508. The van der Waals surface area contributed by atoms with E-state index in [0.29, 0.717) is 11.8 Å².